The number of carbonyl (C=O) groups excluding carboxylic acids is 3. The van der Waals surface area contributed by atoms with Crippen LogP contribution >= 0.6 is 23.2 Å². The summed E-state index contributed by atoms with van der Waals surface area (Å²) in [6.07, 6.45) is 1.04. The molecule has 42 heavy (non-hydrogen) atoms. The monoisotopic (exact) mass is 639 g/mol. The van der Waals surface area contributed by atoms with Gasteiger partial charge in [0.05, 0.1) is 27.5 Å². The average molecular weight is 640 g/mol. The van der Waals surface area contributed by atoms with Gasteiger partial charge in [-0.15, -0.1) is 4.99 Å². The third-order valence-corrected chi connectivity index (χ3v) is 9.38. The molecule has 4 rings (SSSR count). The van der Waals surface area contributed by atoms with Crippen LogP contribution in [0.15, 0.2) is 40.2 Å². The number of phenols is 1. The summed E-state index contributed by atoms with van der Waals surface area (Å²) in [6.45, 7) is 0.215. The van der Waals surface area contributed by atoms with Crippen LogP contribution in [0.5, 0.6) is 5.75 Å². The summed E-state index contributed by atoms with van der Waals surface area (Å²) in [6, 6.07) is 4.19. The Morgan fingerprint density at radius 2 is 1.71 bits per heavy atom. The van der Waals surface area contributed by atoms with E-state index in [4.69, 9.17) is 34.2 Å². The number of nitrogens with zero attached hydrogens (tertiary/aromatic N) is 4. The van der Waals surface area contributed by atoms with Crippen molar-refractivity contribution in [3.63, 3.8) is 0 Å². The highest BCUT2D eigenvalue weighted by Gasteiger charge is 2.44. The second-order valence-corrected chi connectivity index (χ2v) is 12.0. The molecule has 2 aromatic rings. The van der Waals surface area contributed by atoms with Gasteiger partial charge in [-0.2, -0.15) is 5.26 Å². The van der Waals surface area contributed by atoms with Crippen molar-refractivity contribution in [1.82, 2.24) is 14.9 Å². The number of hydrogen-bond acceptors (Lipinski definition) is 8. The fraction of sp³-hybridized carbons (Fsp3) is 0.320. The summed E-state index contributed by atoms with van der Waals surface area (Å²) < 4.78 is 42.9. The van der Waals surface area contributed by atoms with Gasteiger partial charge in [-0.05, 0) is 43.2 Å². The molecule has 2 aliphatic rings. The Kier molecular flexibility index (Phi) is 9.09. The lowest BCUT2D eigenvalue weighted by Gasteiger charge is -2.36. The zero-order valence-corrected chi connectivity index (χ0v) is 24.0. The molecule has 2 unspecified atom stereocenters. The number of nitrogens with two attached hydrogens (primary N) is 1. The second-order valence-electron chi connectivity index (χ2n) is 9.42. The number of aromatic hydroxyl groups is 1. The summed E-state index contributed by atoms with van der Waals surface area (Å²) in [7, 11) is -5.02. The fourth-order valence-electron chi connectivity index (χ4n) is 4.84. The van der Waals surface area contributed by atoms with Crippen molar-refractivity contribution in [1.29, 1.82) is 5.26 Å². The minimum absolute atomic E-state index is 0.0623. The van der Waals surface area contributed by atoms with E-state index < -0.39 is 67.1 Å². The highest BCUT2D eigenvalue weighted by Crippen LogP contribution is 2.45. The van der Waals surface area contributed by atoms with Crippen LogP contribution in [0.25, 0.3) is 0 Å². The van der Waals surface area contributed by atoms with Gasteiger partial charge >= 0.3 is 0 Å². The lowest BCUT2D eigenvalue weighted by molar-refractivity contribution is -0.138. The first-order valence-electron chi connectivity index (χ1n) is 12.5. The van der Waals surface area contributed by atoms with Gasteiger partial charge in [-0.1, -0.05) is 23.2 Å². The number of aliphatic imine (C=N–C) groups is 1. The van der Waals surface area contributed by atoms with Crippen LogP contribution in [0.4, 0.5) is 15.8 Å². The second kappa shape index (κ2) is 12.4. The number of guanidine groups is 1. The number of amides is 3. The molecule has 0 aliphatic carbocycles. The van der Waals surface area contributed by atoms with E-state index in [-0.39, 0.29) is 55.2 Å². The topological polar surface area (TPSA) is 198 Å². The molecular weight excluding hydrogens is 616 g/mol. The molecule has 222 valence electrons. The number of piperidine rings is 2. The lowest BCUT2D eigenvalue weighted by Crippen LogP contribution is -2.53. The highest BCUT2D eigenvalue weighted by molar-refractivity contribution is 7.90. The number of sulfonamides is 1. The van der Waals surface area contributed by atoms with E-state index in [1.807, 2.05) is 0 Å². The minimum atomic E-state index is -5.02. The third-order valence-electron chi connectivity index (χ3n) is 6.73. The first-order chi connectivity index (χ1) is 19.9. The fourth-order valence-corrected chi connectivity index (χ4v) is 7.35. The number of carbonyl (C=O) groups is 3. The largest absolute Gasteiger partial charge is 0.504 e. The van der Waals surface area contributed by atoms with Crippen molar-refractivity contribution in [3.05, 3.63) is 46.2 Å². The van der Waals surface area contributed by atoms with Crippen molar-refractivity contribution >= 4 is 68.3 Å². The molecule has 5 N–H and O–H groups in total. The van der Waals surface area contributed by atoms with E-state index in [1.54, 1.807) is 0 Å². The number of hydrogen-bond donors (Lipinski definition) is 4. The third kappa shape index (κ3) is 6.06. The molecule has 0 spiro atoms. The predicted molar refractivity (Wildman–Crippen MR) is 150 cm³/mol. The zero-order valence-electron chi connectivity index (χ0n) is 21.7. The summed E-state index contributed by atoms with van der Waals surface area (Å²) in [4.78, 5) is 41.5. The standard InChI is InChI=1S/C25H24Cl2FN7O6S/c26-16-2-4-19(34(25(30)33-12-29)18-3-1-14(28)10-17(18)27)22(38)23(16)42(40,41)35(15-6-8-32-21(37)11-15)24(39)13-5-7-31-20(36)9-13/h1-4,10,13,15,38H,5-9,11H2,(H2,30,33)(H,31,36)(H,32,37). The molecule has 2 heterocycles. The van der Waals surface area contributed by atoms with Crippen molar-refractivity contribution in [2.45, 2.75) is 36.6 Å². The normalized spacial score (nSPS) is 19.3. The number of phenolic OH excluding ortho intramolecular Hbond substituents is 1. The maximum absolute atomic E-state index is 14.3. The van der Waals surface area contributed by atoms with Crippen molar-refractivity contribution in [2.24, 2.45) is 16.6 Å². The number of benzene rings is 2. The zero-order chi connectivity index (χ0) is 30.8. The predicted octanol–water partition coefficient (Wildman–Crippen LogP) is 2.09. The maximum atomic E-state index is 14.3. The molecule has 13 nitrogen and oxygen atoms in total. The van der Waals surface area contributed by atoms with Gasteiger partial charge < -0.3 is 21.5 Å². The average Bonchev–Trinajstić information content (AvgIpc) is 2.91. The molecule has 3 amide bonds. The molecule has 0 saturated carbocycles. The number of nitriles is 1. The van der Waals surface area contributed by atoms with Gasteiger partial charge in [-0.25, -0.2) is 17.1 Å². The number of halogens is 3. The first kappa shape index (κ1) is 30.8. The molecule has 0 aromatic heterocycles. The molecule has 2 saturated heterocycles. The molecular formula is C25H24Cl2FN7O6S. The van der Waals surface area contributed by atoms with Crippen LogP contribution in [-0.4, -0.2) is 60.6 Å². The van der Waals surface area contributed by atoms with E-state index in [0.717, 1.165) is 35.2 Å². The van der Waals surface area contributed by atoms with Gasteiger partial charge in [0.1, 0.15) is 10.7 Å². The Morgan fingerprint density at radius 3 is 2.33 bits per heavy atom. The van der Waals surface area contributed by atoms with Crippen LogP contribution in [-0.2, 0) is 24.4 Å². The summed E-state index contributed by atoms with van der Waals surface area (Å²) in [5, 5.41) is 25.0. The van der Waals surface area contributed by atoms with Gasteiger partial charge in [0.2, 0.25) is 29.9 Å². The molecule has 17 heteroatoms. The Labute approximate surface area is 249 Å². The van der Waals surface area contributed by atoms with E-state index in [2.05, 4.69) is 15.6 Å². The SMILES string of the molecule is N#CN=C(N)N(c1ccc(F)cc1Cl)c1ccc(Cl)c(S(=O)(=O)N(C(=O)C2CCNC(=O)C2)C2CCNC(=O)C2)c1O. The molecule has 2 atom stereocenters. The van der Waals surface area contributed by atoms with Crippen LogP contribution in [0.2, 0.25) is 10.0 Å². The van der Waals surface area contributed by atoms with Gasteiger partial charge in [0.25, 0.3) is 10.0 Å². The van der Waals surface area contributed by atoms with Gasteiger partial charge in [-0.3, -0.25) is 19.3 Å². The highest BCUT2D eigenvalue weighted by atomic mass is 35.5. The first-order valence-corrected chi connectivity index (χ1v) is 14.7. The van der Waals surface area contributed by atoms with E-state index >= 15 is 0 Å². The number of nitrogens with one attached hydrogen (secondary N) is 2. The van der Waals surface area contributed by atoms with Gasteiger partial charge in [0.15, 0.2) is 5.75 Å². The Hall–Kier alpha value is -4.13. The Morgan fingerprint density at radius 1 is 1.07 bits per heavy atom. The van der Waals surface area contributed by atoms with Crippen LogP contribution in [0, 0.1) is 23.2 Å². The van der Waals surface area contributed by atoms with Crippen molar-refractivity contribution in [2.75, 3.05) is 18.0 Å². The van der Waals surface area contributed by atoms with Crippen LogP contribution in [0.1, 0.15) is 25.7 Å². The van der Waals surface area contributed by atoms with Gasteiger partial charge in [0, 0.05) is 31.8 Å². The number of anilines is 2. The van der Waals surface area contributed by atoms with E-state index in [1.165, 1.54) is 6.19 Å². The van der Waals surface area contributed by atoms with Crippen LogP contribution < -0.4 is 21.3 Å². The molecule has 0 radical (unpaired) electrons. The van der Waals surface area contributed by atoms with E-state index in [0.29, 0.717) is 4.31 Å². The molecule has 2 aromatic carbocycles. The Bertz CT molecular complexity index is 1630. The summed E-state index contributed by atoms with van der Waals surface area (Å²) >= 11 is 12.5. The molecule has 2 aliphatic heterocycles. The quantitative estimate of drug-likeness (QED) is 0.208. The minimum Gasteiger partial charge on any atom is -0.504 e. The van der Waals surface area contributed by atoms with Crippen LogP contribution in [0.3, 0.4) is 0 Å². The molecule has 0 bridgehead atoms. The number of rotatable bonds is 6. The van der Waals surface area contributed by atoms with Crippen molar-refractivity contribution in [3.8, 4) is 11.9 Å². The maximum Gasteiger partial charge on any atom is 0.272 e. The van der Waals surface area contributed by atoms with Crippen molar-refractivity contribution < 1.29 is 32.3 Å². The summed E-state index contributed by atoms with van der Waals surface area (Å²) in [5.41, 5.74) is 5.51. The Balaban J connectivity index is 1.91. The lowest BCUT2D eigenvalue weighted by atomic mass is 9.95. The smallest absolute Gasteiger partial charge is 0.272 e. The summed E-state index contributed by atoms with van der Waals surface area (Å²) in [5.74, 6) is -5.19. The van der Waals surface area contributed by atoms with E-state index in [9.17, 15) is 32.3 Å². The molecule has 2 fully saturated rings.